The third-order valence-corrected chi connectivity index (χ3v) is 6.81. The third-order valence-electron chi connectivity index (χ3n) is 6.56. The summed E-state index contributed by atoms with van der Waals surface area (Å²) >= 11 is 6.01. The van der Waals surface area contributed by atoms with Crippen molar-refractivity contribution < 1.29 is 14.3 Å². The van der Waals surface area contributed by atoms with Gasteiger partial charge < -0.3 is 10.1 Å². The maximum absolute atomic E-state index is 13.4. The minimum atomic E-state index is -0.171. The monoisotopic (exact) mass is 502 g/mol. The molecule has 0 aliphatic heterocycles. The van der Waals surface area contributed by atoms with E-state index in [-0.39, 0.29) is 18.2 Å². The van der Waals surface area contributed by atoms with Gasteiger partial charge in [0, 0.05) is 28.2 Å². The fraction of sp³-hybridized carbons (Fsp3) is 0.267. The van der Waals surface area contributed by atoms with Gasteiger partial charge in [0.2, 0.25) is 5.91 Å². The normalized spacial score (nSPS) is 11.2. The molecule has 186 valence electrons. The average molecular weight is 503 g/mol. The Kier molecular flexibility index (Phi) is 7.80. The SMILES string of the molecule is COc1ccc2c(c1)c(CC(=O)NCCc1ccc(C(C)C)cc1)c(C)n2C(=O)c1ccc(Cl)cc1. The summed E-state index contributed by atoms with van der Waals surface area (Å²) in [6.07, 6.45) is 0.927. The Morgan fingerprint density at radius 2 is 1.69 bits per heavy atom. The van der Waals surface area contributed by atoms with E-state index in [1.165, 1.54) is 11.1 Å². The number of hydrogen-bond acceptors (Lipinski definition) is 3. The minimum absolute atomic E-state index is 0.0855. The number of amides is 1. The van der Waals surface area contributed by atoms with E-state index < -0.39 is 0 Å². The number of carbonyl (C=O) groups excluding carboxylic acids is 2. The van der Waals surface area contributed by atoms with E-state index in [1.54, 1.807) is 35.9 Å². The standard InChI is InChI=1S/C30H31ClN2O3/c1-19(2)22-7-5-21(6-8-22)15-16-32-29(34)18-26-20(3)33(28-14-13-25(36-4)17-27(26)28)30(35)23-9-11-24(31)12-10-23/h5-14,17,19H,15-16,18H2,1-4H3,(H,32,34). The van der Waals surface area contributed by atoms with Gasteiger partial charge in [-0.25, -0.2) is 0 Å². The number of ether oxygens (including phenoxy) is 1. The molecule has 0 saturated carbocycles. The zero-order valence-electron chi connectivity index (χ0n) is 21.1. The lowest BCUT2D eigenvalue weighted by molar-refractivity contribution is -0.120. The van der Waals surface area contributed by atoms with Crippen molar-refractivity contribution in [2.24, 2.45) is 0 Å². The molecule has 0 aliphatic carbocycles. The minimum Gasteiger partial charge on any atom is -0.497 e. The zero-order valence-corrected chi connectivity index (χ0v) is 21.9. The van der Waals surface area contributed by atoms with Gasteiger partial charge in [-0.1, -0.05) is 49.7 Å². The van der Waals surface area contributed by atoms with Crippen LogP contribution in [0.4, 0.5) is 0 Å². The number of halogens is 1. The first kappa shape index (κ1) is 25.5. The second kappa shape index (κ2) is 11.0. The Bertz CT molecular complexity index is 1390. The maximum atomic E-state index is 13.4. The first-order chi connectivity index (χ1) is 17.3. The summed E-state index contributed by atoms with van der Waals surface area (Å²) in [5.41, 5.74) is 5.29. The highest BCUT2D eigenvalue weighted by Gasteiger charge is 2.22. The summed E-state index contributed by atoms with van der Waals surface area (Å²) in [7, 11) is 1.60. The molecular weight excluding hydrogens is 472 g/mol. The predicted molar refractivity (Wildman–Crippen MR) is 145 cm³/mol. The fourth-order valence-corrected chi connectivity index (χ4v) is 4.56. The van der Waals surface area contributed by atoms with Crippen LogP contribution in [0, 0.1) is 6.92 Å². The van der Waals surface area contributed by atoms with Gasteiger partial charge in [0.25, 0.3) is 5.91 Å². The molecule has 0 saturated heterocycles. The van der Waals surface area contributed by atoms with Crippen molar-refractivity contribution in [1.82, 2.24) is 9.88 Å². The van der Waals surface area contributed by atoms with Crippen molar-refractivity contribution >= 4 is 34.3 Å². The van der Waals surface area contributed by atoms with Crippen LogP contribution in [0.2, 0.25) is 5.02 Å². The Labute approximate surface area is 217 Å². The van der Waals surface area contributed by atoms with Gasteiger partial charge in [-0.3, -0.25) is 14.2 Å². The Balaban J connectivity index is 1.55. The number of aromatic nitrogens is 1. The van der Waals surface area contributed by atoms with Crippen LogP contribution in [0.3, 0.4) is 0 Å². The molecule has 6 heteroatoms. The van der Waals surface area contributed by atoms with Crippen molar-refractivity contribution in [3.63, 3.8) is 0 Å². The van der Waals surface area contributed by atoms with Gasteiger partial charge in [0.05, 0.1) is 19.0 Å². The molecule has 0 unspecified atom stereocenters. The number of carbonyl (C=O) groups is 2. The fourth-order valence-electron chi connectivity index (χ4n) is 4.43. The topological polar surface area (TPSA) is 60.3 Å². The summed E-state index contributed by atoms with van der Waals surface area (Å²) in [5.74, 6) is 0.910. The molecular formula is C30H31ClN2O3. The van der Waals surface area contributed by atoms with E-state index >= 15 is 0 Å². The van der Waals surface area contributed by atoms with Gasteiger partial charge in [-0.15, -0.1) is 0 Å². The number of methoxy groups -OCH3 is 1. The molecule has 5 nitrogen and oxygen atoms in total. The Morgan fingerprint density at radius 1 is 1.00 bits per heavy atom. The van der Waals surface area contributed by atoms with E-state index in [2.05, 4.69) is 43.4 Å². The zero-order chi connectivity index (χ0) is 25.8. The van der Waals surface area contributed by atoms with Crippen LogP contribution in [-0.2, 0) is 17.6 Å². The van der Waals surface area contributed by atoms with Crippen molar-refractivity contribution in [1.29, 1.82) is 0 Å². The summed E-state index contributed by atoms with van der Waals surface area (Å²) in [6.45, 7) is 6.77. The Morgan fingerprint density at radius 3 is 2.33 bits per heavy atom. The molecule has 4 rings (SSSR count). The molecule has 0 spiro atoms. The molecule has 4 aromatic rings. The smallest absolute Gasteiger partial charge is 0.262 e. The van der Waals surface area contributed by atoms with E-state index in [0.717, 1.165) is 28.6 Å². The second-order valence-electron chi connectivity index (χ2n) is 9.27. The molecule has 0 aliphatic rings. The molecule has 0 atom stereocenters. The van der Waals surface area contributed by atoms with E-state index in [0.29, 0.717) is 28.8 Å². The average Bonchev–Trinajstić information content (AvgIpc) is 3.14. The van der Waals surface area contributed by atoms with Crippen molar-refractivity contribution in [3.8, 4) is 5.75 Å². The summed E-state index contributed by atoms with van der Waals surface area (Å²) in [6, 6.07) is 20.9. The van der Waals surface area contributed by atoms with Gasteiger partial charge in [0.15, 0.2) is 0 Å². The molecule has 0 radical (unpaired) electrons. The second-order valence-corrected chi connectivity index (χ2v) is 9.70. The highest BCUT2D eigenvalue weighted by Crippen LogP contribution is 2.31. The number of nitrogens with zero attached hydrogens (tertiary/aromatic N) is 1. The largest absolute Gasteiger partial charge is 0.497 e. The molecule has 36 heavy (non-hydrogen) atoms. The molecule has 3 aromatic carbocycles. The van der Waals surface area contributed by atoms with E-state index in [4.69, 9.17) is 16.3 Å². The van der Waals surface area contributed by atoms with Crippen molar-refractivity contribution in [2.45, 2.75) is 39.5 Å². The highest BCUT2D eigenvalue weighted by atomic mass is 35.5. The maximum Gasteiger partial charge on any atom is 0.262 e. The van der Waals surface area contributed by atoms with Crippen LogP contribution < -0.4 is 10.1 Å². The molecule has 1 aromatic heterocycles. The molecule has 1 heterocycles. The number of fused-ring (bicyclic) bond motifs is 1. The van der Waals surface area contributed by atoms with E-state index in [1.807, 2.05) is 25.1 Å². The van der Waals surface area contributed by atoms with Crippen LogP contribution in [0.15, 0.2) is 66.7 Å². The summed E-state index contributed by atoms with van der Waals surface area (Å²) in [5, 5.41) is 4.43. The molecule has 0 fully saturated rings. The lowest BCUT2D eigenvalue weighted by Crippen LogP contribution is -2.27. The Hall–Kier alpha value is -3.57. The summed E-state index contributed by atoms with van der Waals surface area (Å²) < 4.78 is 7.08. The van der Waals surface area contributed by atoms with Gasteiger partial charge >= 0.3 is 0 Å². The lowest BCUT2D eigenvalue weighted by Gasteiger charge is -2.09. The van der Waals surface area contributed by atoms with Crippen molar-refractivity contribution in [3.05, 3.63) is 99.7 Å². The number of nitrogens with one attached hydrogen (secondary N) is 1. The van der Waals surface area contributed by atoms with Crippen molar-refractivity contribution in [2.75, 3.05) is 13.7 Å². The van der Waals surface area contributed by atoms with Crippen LogP contribution in [0.5, 0.6) is 5.75 Å². The van der Waals surface area contributed by atoms with Gasteiger partial charge in [-0.05, 0) is 78.4 Å². The van der Waals surface area contributed by atoms with Crippen LogP contribution >= 0.6 is 11.6 Å². The van der Waals surface area contributed by atoms with Crippen LogP contribution in [0.25, 0.3) is 10.9 Å². The van der Waals surface area contributed by atoms with Crippen LogP contribution in [0.1, 0.15) is 52.5 Å². The predicted octanol–water partition coefficient (Wildman–Crippen LogP) is 6.33. The molecule has 1 amide bonds. The number of hydrogen-bond donors (Lipinski definition) is 1. The quantitative estimate of drug-likeness (QED) is 0.306. The van der Waals surface area contributed by atoms with E-state index in [9.17, 15) is 9.59 Å². The summed E-state index contributed by atoms with van der Waals surface area (Å²) in [4.78, 5) is 26.4. The molecule has 0 bridgehead atoms. The van der Waals surface area contributed by atoms with Gasteiger partial charge in [0.1, 0.15) is 5.75 Å². The lowest BCUT2D eigenvalue weighted by atomic mass is 10.0. The number of rotatable bonds is 8. The number of benzene rings is 3. The first-order valence-electron chi connectivity index (χ1n) is 12.1. The van der Waals surface area contributed by atoms with Crippen LogP contribution in [-0.4, -0.2) is 30.0 Å². The molecule has 1 N–H and O–H groups in total. The first-order valence-corrected chi connectivity index (χ1v) is 12.5. The third kappa shape index (κ3) is 5.47. The van der Waals surface area contributed by atoms with Gasteiger partial charge in [-0.2, -0.15) is 0 Å². The highest BCUT2D eigenvalue weighted by molar-refractivity contribution is 6.30.